The van der Waals surface area contributed by atoms with Gasteiger partial charge < -0.3 is 14.6 Å². The summed E-state index contributed by atoms with van der Waals surface area (Å²) in [5, 5.41) is 4.11. The van der Waals surface area contributed by atoms with E-state index in [1.165, 1.54) is 19.2 Å². The fourth-order valence-electron chi connectivity index (χ4n) is 6.54. The van der Waals surface area contributed by atoms with Crippen LogP contribution in [0.2, 0.25) is 5.02 Å². The SMILES string of the molecule is CO[C@@H]1C[C@H](C(=O)Nc2cc([C@@](CCC3CC3)(N[S@+]([O-])C(C)(C)C)c3ccncc3)ccc2F)N(S(=O)(=O)c2cccc3c(Cl)cccc23)C1. The molecule has 266 valence electrons. The Labute approximate surface area is 301 Å². The van der Waals surface area contributed by atoms with Gasteiger partial charge in [-0.3, -0.25) is 9.78 Å². The van der Waals surface area contributed by atoms with E-state index in [0.29, 0.717) is 33.7 Å². The molecule has 4 aromatic rings. The number of methoxy groups -OCH3 is 1. The van der Waals surface area contributed by atoms with Crippen molar-refractivity contribution in [3.05, 3.63) is 101 Å². The van der Waals surface area contributed by atoms with Crippen LogP contribution in [0.5, 0.6) is 0 Å². The van der Waals surface area contributed by atoms with Crippen LogP contribution in [0, 0.1) is 11.7 Å². The minimum Gasteiger partial charge on any atom is -0.598 e. The van der Waals surface area contributed by atoms with Crippen molar-refractivity contribution in [2.75, 3.05) is 19.0 Å². The normalized spacial score (nSPS) is 20.5. The summed E-state index contributed by atoms with van der Waals surface area (Å²) in [7, 11) is -2.77. The molecule has 50 heavy (non-hydrogen) atoms. The molecule has 3 aromatic carbocycles. The van der Waals surface area contributed by atoms with Gasteiger partial charge >= 0.3 is 0 Å². The first-order chi connectivity index (χ1) is 23.7. The van der Waals surface area contributed by atoms with Crippen molar-refractivity contribution in [2.24, 2.45) is 5.92 Å². The number of nitrogens with zero attached hydrogens (tertiary/aromatic N) is 2. The summed E-state index contributed by atoms with van der Waals surface area (Å²) in [5.41, 5.74) is 0.296. The number of ether oxygens (including phenoxy) is 1. The molecule has 2 fully saturated rings. The lowest BCUT2D eigenvalue weighted by molar-refractivity contribution is -0.119. The Kier molecular flexibility index (Phi) is 10.6. The van der Waals surface area contributed by atoms with E-state index in [1.807, 2.05) is 32.9 Å². The maximum absolute atomic E-state index is 15.7. The van der Waals surface area contributed by atoms with Gasteiger partial charge in [0.05, 0.1) is 16.7 Å². The fraction of sp³-hybridized carbons (Fsp3) is 0.405. The molecule has 0 bridgehead atoms. The van der Waals surface area contributed by atoms with Crippen molar-refractivity contribution in [1.82, 2.24) is 14.0 Å². The van der Waals surface area contributed by atoms with Crippen LogP contribution < -0.4 is 10.0 Å². The van der Waals surface area contributed by atoms with Crippen molar-refractivity contribution in [3.63, 3.8) is 0 Å². The van der Waals surface area contributed by atoms with Crippen LogP contribution >= 0.6 is 11.6 Å². The van der Waals surface area contributed by atoms with Crippen LogP contribution in [0.25, 0.3) is 10.8 Å². The predicted molar refractivity (Wildman–Crippen MR) is 195 cm³/mol. The van der Waals surface area contributed by atoms with Crippen LogP contribution in [0.1, 0.15) is 64.0 Å². The predicted octanol–water partition coefficient (Wildman–Crippen LogP) is 6.93. The summed E-state index contributed by atoms with van der Waals surface area (Å²) < 4.78 is 67.4. The molecule has 0 spiro atoms. The number of sulfonamides is 1. The highest BCUT2D eigenvalue weighted by Crippen LogP contribution is 2.43. The summed E-state index contributed by atoms with van der Waals surface area (Å²) in [6, 6.07) is 16.9. The van der Waals surface area contributed by atoms with Gasteiger partial charge in [0.15, 0.2) is 0 Å². The van der Waals surface area contributed by atoms with E-state index in [-0.39, 0.29) is 23.5 Å². The van der Waals surface area contributed by atoms with Gasteiger partial charge in [-0.25, -0.2) is 12.8 Å². The summed E-state index contributed by atoms with van der Waals surface area (Å²) in [5.74, 6) is -0.840. The lowest BCUT2D eigenvalue weighted by Gasteiger charge is -2.39. The Hall–Kier alpha value is -3.10. The second-order valence-electron chi connectivity index (χ2n) is 14.1. The molecule has 1 aliphatic heterocycles. The number of halogens is 2. The van der Waals surface area contributed by atoms with Crippen molar-refractivity contribution in [3.8, 4) is 0 Å². The number of fused-ring (bicyclic) bond motifs is 1. The van der Waals surface area contributed by atoms with Gasteiger partial charge in [-0.15, -0.1) is 4.72 Å². The quantitative estimate of drug-likeness (QED) is 0.151. The molecule has 4 atom stereocenters. The third kappa shape index (κ3) is 7.43. The molecule has 2 aliphatic rings. The number of hydrogen-bond acceptors (Lipinski definition) is 7. The molecule has 1 aromatic heterocycles. The summed E-state index contributed by atoms with van der Waals surface area (Å²) >= 11 is 4.86. The molecule has 0 radical (unpaired) electrons. The van der Waals surface area contributed by atoms with Crippen molar-refractivity contribution in [1.29, 1.82) is 0 Å². The highest BCUT2D eigenvalue weighted by atomic mass is 35.5. The van der Waals surface area contributed by atoms with Crippen LogP contribution in [-0.4, -0.2) is 58.7 Å². The minimum absolute atomic E-state index is 0.0101. The van der Waals surface area contributed by atoms with Crippen molar-refractivity contribution < 1.29 is 26.9 Å². The van der Waals surface area contributed by atoms with Crippen LogP contribution in [0.4, 0.5) is 10.1 Å². The number of amides is 1. The van der Waals surface area contributed by atoms with E-state index in [4.69, 9.17) is 16.3 Å². The number of benzene rings is 3. The molecule has 13 heteroatoms. The first-order valence-corrected chi connectivity index (χ1v) is 19.6. The first-order valence-electron chi connectivity index (χ1n) is 16.7. The Balaban J connectivity index is 1.37. The number of hydrogen-bond donors (Lipinski definition) is 2. The molecule has 1 amide bonds. The van der Waals surface area contributed by atoms with E-state index in [9.17, 15) is 17.8 Å². The molecule has 1 saturated heterocycles. The third-order valence-corrected chi connectivity index (χ3v) is 13.5. The monoisotopic (exact) mass is 740 g/mol. The number of nitrogens with one attached hydrogen (secondary N) is 2. The molecule has 6 rings (SSSR count). The topological polar surface area (TPSA) is 124 Å². The molecule has 2 heterocycles. The van der Waals surface area contributed by atoms with Crippen molar-refractivity contribution >= 4 is 55.4 Å². The Morgan fingerprint density at radius 1 is 1.06 bits per heavy atom. The van der Waals surface area contributed by atoms with Crippen molar-refractivity contribution in [2.45, 2.75) is 80.2 Å². The van der Waals surface area contributed by atoms with Gasteiger partial charge in [-0.2, -0.15) is 4.31 Å². The van der Waals surface area contributed by atoms with Crippen LogP contribution in [0.3, 0.4) is 0 Å². The Morgan fingerprint density at radius 3 is 2.44 bits per heavy atom. The molecule has 0 unspecified atom stereocenters. The van der Waals surface area contributed by atoms with Gasteiger partial charge in [-0.05, 0) is 87.1 Å². The summed E-state index contributed by atoms with van der Waals surface area (Å²) in [4.78, 5) is 18.3. The number of pyridine rings is 1. The van der Waals surface area contributed by atoms with Gasteiger partial charge in [0.1, 0.15) is 22.1 Å². The Morgan fingerprint density at radius 2 is 1.76 bits per heavy atom. The maximum atomic E-state index is 15.7. The third-order valence-electron chi connectivity index (χ3n) is 9.61. The van der Waals surface area contributed by atoms with E-state index >= 15 is 4.39 Å². The van der Waals surface area contributed by atoms with E-state index < -0.39 is 55.5 Å². The highest BCUT2D eigenvalue weighted by Gasteiger charge is 2.46. The zero-order valence-corrected chi connectivity index (χ0v) is 30.9. The van der Waals surface area contributed by atoms with E-state index in [0.717, 1.165) is 29.1 Å². The largest absolute Gasteiger partial charge is 0.598 e. The standard InChI is InChI=1S/C37H42ClFN4O5S2/c1-36(2,3)49(45)42-37(18-15-24-11-12-24,25-16-19-40-20-17-25)26-13-14-31(39)32(21-26)41-35(44)33-22-27(48-4)23-43(33)50(46,47)34-10-6-7-28-29(34)8-5-9-30(28)38/h5-10,13-14,16-17,19-21,24,27,33,42H,11-12,15,18,22-23H2,1-4H3,(H,41,44)/t27-,33-,37+,49-/m1/s1. The average molecular weight is 741 g/mol. The van der Waals surface area contributed by atoms with Crippen LogP contribution in [-0.2, 0) is 36.5 Å². The number of rotatable bonds is 12. The lowest BCUT2D eigenvalue weighted by Crippen LogP contribution is -2.52. The minimum atomic E-state index is -4.24. The molecule has 1 aliphatic carbocycles. The second kappa shape index (κ2) is 14.5. The highest BCUT2D eigenvalue weighted by molar-refractivity contribution is 7.90. The fourth-order valence-corrected chi connectivity index (χ4v) is 9.58. The zero-order valence-electron chi connectivity index (χ0n) is 28.5. The molecular weight excluding hydrogens is 699 g/mol. The molecule has 9 nitrogen and oxygen atoms in total. The van der Waals surface area contributed by atoms with E-state index in [2.05, 4.69) is 15.0 Å². The number of carbonyl (C=O) groups excluding carboxylic acids is 1. The van der Waals surface area contributed by atoms with E-state index in [1.54, 1.807) is 54.9 Å². The number of anilines is 1. The van der Waals surface area contributed by atoms with Gasteiger partial charge in [-0.1, -0.05) is 54.8 Å². The van der Waals surface area contributed by atoms with Gasteiger partial charge in [0.2, 0.25) is 15.9 Å². The van der Waals surface area contributed by atoms with Crippen LogP contribution in [0.15, 0.2) is 84.0 Å². The molecular formula is C37H42ClFN4O5S2. The number of aromatic nitrogens is 1. The summed E-state index contributed by atoms with van der Waals surface area (Å²) in [6.07, 6.45) is 6.50. The van der Waals surface area contributed by atoms with Gasteiger partial charge in [0.25, 0.3) is 0 Å². The summed E-state index contributed by atoms with van der Waals surface area (Å²) in [6.45, 7) is 5.58. The zero-order chi connectivity index (χ0) is 35.8. The maximum Gasteiger partial charge on any atom is 0.244 e. The van der Waals surface area contributed by atoms with Gasteiger partial charge in [0, 0.05) is 59.6 Å². The number of carbonyl (C=O) groups is 1. The average Bonchev–Trinajstić information content (AvgIpc) is 3.82. The first kappa shape index (κ1) is 36.7. The molecule has 2 N–H and O–H groups in total. The Bertz CT molecular complexity index is 1980. The molecule has 1 saturated carbocycles. The second-order valence-corrected chi connectivity index (χ2v) is 18.3. The smallest absolute Gasteiger partial charge is 0.244 e. The lowest BCUT2D eigenvalue weighted by atomic mass is 9.79.